The summed E-state index contributed by atoms with van der Waals surface area (Å²) < 4.78 is 5.78. The molecule has 0 radical (unpaired) electrons. The van der Waals surface area contributed by atoms with Crippen molar-refractivity contribution in [2.45, 2.75) is 25.7 Å². The molecule has 2 aromatic rings. The molecule has 0 unspecified atom stereocenters. The molecule has 1 aliphatic rings. The Balaban J connectivity index is 1.32. The number of likely N-dealkylation sites (tertiary alicyclic amines) is 1. The first kappa shape index (κ1) is 18.3. The van der Waals surface area contributed by atoms with E-state index in [0.717, 1.165) is 37.7 Å². The predicted octanol–water partition coefficient (Wildman–Crippen LogP) is 3.99. The summed E-state index contributed by atoms with van der Waals surface area (Å²) in [6.07, 6.45) is 4.80. The second kappa shape index (κ2) is 9.26. The van der Waals surface area contributed by atoms with Gasteiger partial charge >= 0.3 is 0 Å². The topological polar surface area (TPSA) is 56.5 Å². The fourth-order valence-corrected chi connectivity index (χ4v) is 3.45. The fraction of sp³-hybridized carbons (Fsp3) is 0.409. The van der Waals surface area contributed by atoms with Crippen molar-refractivity contribution in [3.63, 3.8) is 0 Å². The molecule has 1 heterocycles. The van der Waals surface area contributed by atoms with Gasteiger partial charge in [0.05, 0.1) is 11.6 Å². The summed E-state index contributed by atoms with van der Waals surface area (Å²) in [6.45, 7) is 3.91. The number of rotatable bonds is 7. The van der Waals surface area contributed by atoms with Gasteiger partial charge in [0.2, 0.25) is 0 Å². The van der Waals surface area contributed by atoms with Crippen LogP contribution in [0.1, 0.15) is 30.4 Å². The second-order valence-electron chi connectivity index (χ2n) is 6.97. The summed E-state index contributed by atoms with van der Waals surface area (Å²) in [5.41, 5.74) is 1.97. The zero-order valence-electron chi connectivity index (χ0n) is 15.1. The molecule has 1 N–H and O–H groups in total. The van der Waals surface area contributed by atoms with Crippen molar-refractivity contribution >= 4 is 0 Å². The van der Waals surface area contributed by atoms with Gasteiger partial charge in [0, 0.05) is 6.54 Å². The summed E-state index contributed by atoms with van der Waals surface area (Å²) in [5.74, 6) is 1.96. The molecule has 1 saturated heterocycles. The van der Waals surface area contributed by atoms with Crippen LogP contribution in [0.4, 0.5) is 0 Å². The average molecular weight is 350 g/mol. The van der Waals surface area contributed by atoms with E-state index in [-0.39, 0.29) is 0 Å². The molecule has 0 aromatic heterocycles. The third-order valence-corrected chi connectivity index (χ3v) is 5.14. The van der Waals surface area contributed by atoms with E-state index in [1.807, 2.05) is 24.3 Å². The highest BCUT2D eigenvalue weighted by molar-refractivity contribution is 5.34. The SMILES string of the molecule is N#Cc1ccc(OCCN2CCC(CCc3ccc(O)cc3)CC2)cc1. The molecule has 1 fully saturated rings. The highest BCUT2D eigenvalue weighted by atomic mass is 16.5. The lowest BCUT2D eigenvalue weighted by molar-refractivity contribution is 0.151. The van der Waals surface area contributed by atoms with Gasteiger partial charge in [-0.2, -0.15) is 5.26 Å². The van der Waals surface area contributed by atoms with E-state index in [0.29, 0.717) is 17.9 Å². The Bertz CT molecular complexity index is 711. The van der Waals surface area contributed by atoms with Crippen LogP contribution in [0.5, 0.6) is 11.5 Å². The molecule has 136 valence electrons. The maximum absolute atomic E-state index is 9.34. The molecule has 0 spiro atoms. The van der Waals surface area contributed by atoms with Crippen molar-refractivity contribution in [1.29, 1.82) is 5.26 Å². The molecular weight excluding hydrogens is 324 g/mol. The first-order chi connectivity index (χ1) is 12.7. The minimum atomic E-state index is 0.338. The summed E-state index contributed by atoms with van der Waals surface area (Å²) in [6, 6.07) is 17.0. The average Bonchev–Trinajstić information content (AvgIpc) is 2.69. The molecule has 0 atom stereocenters. The van der Waals surface area contributed by atoms with Gasteiger partial charge in [-0.15, -0.1) is 0 Å². The lowest BCUT2D eigenvalue weighted by Gasteiger charge is -2.31. The van der Waals surface area contributed by atoms with Crippen molar-refractivity contribution in [1.82, 2.24) is 4.90 Å². The summed E-state index contributed by atoms with van der Waals surface area (Å²) >= 11 is 0. The molecule has 0 amide bonds. The van der Waals surface area contributed by atoms with Gasteiger partial charge in [0.1, 0.15) is 18.1 Å². The van der Waals surface area contributed by atoms with Gasteiger partial charge in [0.25, 0.3) is 0 Å². The van der Waals surface area contributed by atoms with E-state index < -0.39 is 0 Å². The normalized spacial score (nSPS) is 15.5. The second-order valence-corrected chi connectivity index (χ2v) is 6.97. The van der Waals surface area contributed by atoms with Gasteiger partial charge in [0.15, 0.2) is 0 Å². The number of phenols is 1. The molecule has 4 heteroatoms. The van der Waals surface area contributed by atoms with E-state index >= 15 is 0 Å². The van der Waals surface area contributed by atoms with Crippen LogP contribution < -0.4 is 4.74 Å². The summed E-state index contributed by atoms with van der Waals surface area (Å²) in [5, 5.41) is 18.1. The lowest BCUT2D eigenvalue weighted by atomic mass is 9.90. The largest absolute Gasteiger partial charge is 0.508 e. The molecule has 26 heavy (non-hydrogen) atoms. The third kappa shape index (κ3) is 5.50. The Morgan fingerprint density at radius 2 is 1.73 bits per heavy atom. The zero-order valence-corrected chi connectivity index (χ0v) is 15.1. The van der Waals surface area contributed by atoms with Crippen molar-refractivity contribution in [3.8, 4) is 17.6 Å². The summed E-state index contributed by atoms with van der Waals surface area (Å²) in [4.78, 5) is 2.47. The molecule has 0 saturated carbocycles. The number of aromatic hydroxyl groups is 1. The van der Waals surface area contributed by atoms with Crippen molar-refractivity contribution in [2.24, 2.45) is 5.92 Å². The monoisotopic (exact) mass is 350 g/mol. The van der Waals surface area contributed by atoms with Crippen LogP contribution >= 0.6 is 0 Å². The van der Waals surface area contributed by atoms with Crippen molar-refractivity contribution in [2.75, 3.05) is 26.2 Å². The number of nitrogens with zero attached hydrogens (tertiary/aromatic N) is 2. The molecule has 1 aliphatic heterocycles. The molecule has 3 rings (SSSR count). The Morgan fingerprint density at radius 3 is 2.38 bits per heavy atom. The molecule has 0 bridgehead atoms. The molecular formula is C22H26N2O2. The third-order valence-electron chi connectivity index (χ3n) is 5.14. The van der Waals surface area contributed by atoms with Crippen molar-refractivity contribution < 1.29 is 9.84 Å². The highest BCUT2D eigenvalue weighted by Gasteiger charge is 2.18. The number of nitriles is 1. The quantitative estimate of drug-likeness (QED) is 0.820. The van der Waals surface area contributed by atoms with Crippen molar-refractivity contribution in [3.05, 3.63) is 59.7 Å². The van der Waals surface area contributed by atoms with Crippen LogP contribution in [-0.2, 0) is 6.42 Å². The lowest BCUT2D eigenvalue weighted by Crippen LogP contribution is -2.36. The van der Waals surface area contributed by atoms with E-state index in [2.05, 4.69) is 11.0 Å². The Morgan fingerprint density at radius 1 is 1.04 bits per heavy atom. The number of phenolic OH excluding ortho intramolecular Hbond substituents is 1. The van der Waals surface area contributed by atoms with E-state index in [9.17, 15) is 5.11 Å². The van der Waals surface area contributed by atoms with Gasteiger partial charge in [-0.1, -0.05) is 12.1 Å². The maximum atomic E-state index is 9.34. The Labute approximate surface area is 155 Å². The molecule has 2 aromatic carbocycles. The van der Waals surface area contributed by atoms with Gasteiger partial charge in [-0.3, -0.25) is 4.90 Å². The maximum Gasteiger partial charge on any atom is 0.119 e. The predicted molar refractivity (Wildman–Crippen MR) is 102 cm³/mol. The molecule has 0 aliphatic carbocycles. The zero-order chi connectivity index (χ0) is 18.2. The standard InChI is InChI=1S/C22H26N2O2/c23-17-20-5-9-22(10-6-20)26-16-15-24-13-11-19(12-14-24)2-1-18-3-7-21(25)8-4-18/h3-10,19,25H,1-2,11-16H2. The Kier molecular flexibility index (Phi) is 6.51. The van der Waals surface area contributed by atoms with Crippen LogP contribution in [0, 0.1) is 17.2 Å². The first-order valence-corrected chi connectivity index (χ1v) is 9.36. The van der Waals surface area contributed by atoms with Gasteiger partial charge < -0.3 is 9.84 Å². The number of aryl methyl sites for hydroxylation is 1. The number of ether oxygens (including phenoxy) is 1. The number of piperidine rings is 1. The minimum absolute atomic E-state index is 0.338. The van der Waals surface area contributed by atoms with Gasteiger partial charge in [-0.05, 0) is 86.7 Å². The number of hydrogen-bond acceptors (Lipinski definition) is 4. The first-order valence-electron chi connectivity index (χ1n) is 9.36. The number of benzene rings is 2. The molecule has 4 nitrogen and oxygen atoms in total. The minimum Gasteiger partial charge on any atom is -0.508 e. The van der Waals surface area contributed by atoms with E-state index in [1.165, 1.54) is 24.8 Å². The van der Waals surface area contributed by atoms with Crippen LogP contribution in [-0.4, -0.2) is 36.2 Å². The summed E-state index contributed by atoms with van der Waals surface area (Å²) in [7, 11) is 0. The van der Waals surface area contributed by atoms with Crippen LogP contribution in [0.2, 0.25) is 0 Å². The van der Waals surface area contributed by atoms with Gasteiger partial charge in [-0.25, -0.2) is 0 Å². The highest BCUT2D eigenvalue weighted by Crippen LogP contribution is 2.23. The van der Waals surface area contributed by atoms with E-state index in [4.69, 9.17) is 10.00 Å². The fourth-order valence-electron chi connectivity index (χ4n) is 3.45. The van der Waals surface area contributed by atoms with Crippen LogP contribution in [0.15, 0.2) is 48.5 Å². The van der Waals surface area contributed by atoms with Crippen LogP contribution in [0.25, 0.3) is 0 Å². The smallest absolute Gasteiger partial charge is 0.119 e. The van der Waals surface area contributed by atoms with Crippen LogP contribution in [0.3, 0.4) is 0 Å². The Hall–Kier alpha value is -2.51. The number of hydrogen-bond donors (Lipinski definition) is 1. The van der Waals surface area contributed by atoms with E-state index in [1.54, 1.807) is 24.3 Å².